The molecule has 146 valence electrons. The van der Waals surface area contributed by atoms with Crippen molar-refractivity contribution < 1.29 is 0 Å². The van der Waals surface area contributed by atoms with Crippen LogP contribution in [0.2, 0.25) is 0 Å². The lowest BCUT2D eigenvalue weighted by Gasteiger charge is -2.28. The van der Waals surface area contributed by atoms with Crippen LogP contribution < -0.4 is 4.90 Å². The molecule has 3 aromatic carbocycles. The topological polar surface area (TPSA) is 28.0 Å². The standard InChI is InChI=1S/C26H27N3/c1-21(22-15-17-25(18-16-22)29-19-9-4-10-20-29)27-28-26(23-11-5-2-6-12-23)24-13-7-3-8-14-24/h2-3,5-8,11-18H,4,9-10,19-20H2,1H3/b27-21+. The highest BCUT2D eigenvalue weighted by Gasteiger charge is 2.11. The number of anilines is 1. The first-order valence-corrected chi connectivity index (χ1v) is 10.4. The Morgan fingerprint density at radius 1 is 0.621 bits per heavy atom. The summed E-state index contributed by atoms with van der Waals surface area (Å²) in [6.45, 7) is 4.34. The van der Waals surface area contributed by atoms with Crippen LogP contribution in [0.3, 0.4) is 0 Å². The molecule has 1 saturated heterocycles. The van der Waals surface area contributed by atoms with Gasteiger partial charge in [-0.3, -0.25) is 0 Å². The minimum absolute atomic E-state index is 0.885. The molecule has 1 aliphatic heterocycles. The van der Waals surface area contributed by atoms with Crippen LogP contribution in [0.4, 0.5) is 5.69 Å². The van der Waals surface area contributed by atoms with Crippen molar-refractivity contribution in [3.8, 4) is 0 Å². The van der Waals surface area contributed by atoms with Crippen LogP contribution in [-0.2, 0) is 0 Å². The average Bonchev–Trinajstić information content (AvgIpc) is 2.81. The number of nitrogens with zero attached hydrogens (tertiary/aromatic N) is 3. The van der Waals surface area contributed by atoms with E-state index in [-0.39, 0.29) is 0 Å². The fraction of sp³-hybridized carbons (Fsp3) is 0.231. The van der Waals surface area contributed by atoms with Gasteiger partial charge in [-0.15, -0.1) is 5.10 Å². The minimum atomic E-state index is 0.885. The maximum absolute atomic E-state index is 4.65. The molecule has 3 nitrogen and oxygen atoms in total. The van der Waals surface area contributed by atoms with Crippen molar-refractivity contribution in [3.05, 3.63) is 102 Å². The molecule has 0 aromatic heterocycles. The first kappa shape index (κ1) is 19.1. The highest BCUT2D eigenvalue weighted by molar-refractivity contribution is 6.13. The summed E-state index contributed by atoms with van der Waals surface area (Å²) in [5.74, 6) is 0. The van der Waals surface area contributed by atoms with E-state index in [2.05, 4.69) is 63.6 Å². The lowest BCUT2D eigenvalue weighted by molar-refractivity contribution is 0.578. The Hall–Kier alpha value is -3.20. The number of rotatable bonds is 5. The number of hydrogen-bond acceptors (Lipinski definition) is 3. The summed E-state index contributed by atoms with van der Waals surface area (Å²) in [4.78, 5) is 2.47. The van der Waals surface area contributed by atoms with Gasteiger partial charge in [0.15, 0.2) is 0 Å². The van der Waals surface area contributed by atoms with Crippen LogP contribution in [-0.4, -0.2) is 24.5 Å². The molecule has 29 heavy (non-hydrogen) atoms. The van der Waals surface area contributed by atoms with Crippen LogP contribution in [0, 0.1) is 0 Å². The van der Waals surface area contributed by atoms with Gasteiger partial charge in [-0.25, -0.2) is 0 Å². The molecule has 0 amide bonds. The molecule has 3 heteroatoms. The molecular formula is C26H27N3. The molecule has 0 spiro atoms. The maximum atomic E-state index is 4.65. The molecular weight excluding hydrogens is 354 g/mol. The number of piperidine rings is 1. The summed E-state index contributed by atoms with van der Waals surface area (Å²) in [7, 11) is 0. The van der Waals surface area contributed by atoms with Crippen molar-refractivity contribution in [1.82, 2.24) is 0 Å². The van der Waals surface area contributed by atoms with Crippen LogP contribution in [0.25, 0.3) is 0 Å². The van der Waals surface area contributed by atoms with E-state index in [4.69, 9.17) is 0 Å². The lowest BCUT2D eigenvalue weighted by atomic mass is 10.0. The third-order valence-corrected chi connectivity index (χ3v) is 5.40. The third-order valence-electron chi connectivity index (χ3n) is 5.40. The van der Waals surface area contributed by atoms with Gasteiger partial charge in [-0.05, 0) is 43.9 Å². The zero-order valence-corrected chi connectivity index (χ0v) is 17.0. The summed E-state index contributed by atoms with van der Waals surface area (Å²) in [5, 5.41) is 9.23. The van der Waals surface area contributed by atoms with Crippen LogP contribution in [0.15, 0.2) is 95.1 Å². The Bertz CT molecular complexity index is 926. The summed E-state index contributed by atoms with van der Waals surface area (Å²) < 4.78 is 0. The Balaban J connectivity index is 1.60. The molecule has 4 rings (SSSR count). The SMILES string of the molecule is C/C(=N\N=C(c1ccccc1)c1ccccc1)c1ccc(N2CCCCC2)cc1. The summed E-state index contributed by atoms with van der Waals surface area (Å²) in [6.07, 6.45) is 3.93. The molecule has 0 aliphatic carbocycles. The largest absolute Gasteiger partial charge is 0.372 e. The van der Waals surface area contributed by atoms with Crippen molar-refractivity contribution in [3.63, 3.8) is 0 Å². The van der Waals surface area contributed by atoms with Gasteiger partial charge in [-0.1, -0.05) is 72.8 Å². The van der Waals surface area contributed by atoms with Gasteiger partial charge < -0.3 is 4.90 Å². The minimum Gasteiger partial charge on any atom is -0.372 e. The van der Waals surface area contributed by atoms with Crippen LogP contribution >= 0.6 is 0 Å². The van der Waals surface area contributed by atoms with Crippen LogP contribution in [0.1, 0.15) is 42.9 Å². The normalized spacial score (nSPS) is 14.5. The van der Waals surface area contributed by atoms with Crippen molar-refractivity contribution in [2.45, 2.75) is 26.2 Å². The second-order valence-electron chi connectivity index (χ2n) is 7.46. The molecule has 0 atom stereocenters. The predicted molar refractivity (Wildman–Crippen MR) is 123 cm³/mol. The zero-order valence-electron chi connectivity index (χ0n) is 17.0. The Morgan fingerprint density at radius 3 is 1.72 bits per heavy atom. The Labute approximate surface area is 173 Å². The Morgan fingerprint density at radius 2 is 1.17 bits per heavy atom. The van der Waals surface area contributed by atoms with E-state index in [1.807, 2.05) is 43.3 Å². The summed E-state index contributed by atoms with van der Waals surface area (Å²) in [5.41, 5.74) is 6.34. The van der Waals surface area contributed by atoms with Crippen molar-refractivity contribution in [2.75, 3.05) is 18.0 Å². The quantitative estimate of drug-likeness (QED) is 0.397. The molecule has 1 fully saturated rings. The lowest BCUT2D eigenvalue weighted by Crippen LogP contribution is -2.29. The second kappa shape index (κ2) is 9.33. The van der Waals surface area contributed by atoms with E-state index in [1.165, 1.54) is 24.9 Å². The van der Waals surface area contributed by atoms with Gasteiger partial charge in [0.25, 0.3) is 0 Å². The van der Waals surface area contributed by atoms with Crippen molar-refractivity contribution in [1.29, 1.82) is 0 Å². The van der Waals surface area contributed by atoms with Gasteiger partial charge in [0.2, 0.25) is 0 Å². The molecule has 1 aliphatic rings. The molecule has 0 radical (unpaired) electrons. The van der Waals surface area contributed by atoms with Crippen LogP contribution in [0.5, 0.6) is 0 Å². The van der Waals surface area contributed by atoms with Crippen molar-refractivity contribution >= 4 is 17.1 Å². The number of hydrogen-bond donors (Lipinski definition) is 0. The van der Waals surface area contributed by atoms with E-state index in [9.17, 15) is 0 Å². The molecule has 1 heterocycles. The predicted octanol–water partition coefficient (Wildman–Crippen LogP) is 5.94. The van der Waals surface area contributed by atoms with Gasteiger partial charge in [0, 0.05) is 29.9 Å². The number of benzene rings is 3. The average molecular weight is 382 g/mol. The van der Waals surface area contributed by atoms with E-state index in [0.29, 0.717) is 0 Å². The molecule has 3 aromatic rings. The fourth-order valence-electron chi connectivity index (χ4n) is 3.72. The van der Waals surface area contributed by atoms with Gasteiger partial charge in [0.1, 0.15) is 5.71 Å². The molecule has 0 saturated carbocycles. The maximum Gasteiger partial charge on any atom is 0.100 e. The highest BCUT2D eigenvalue weighted by atomic mass is 15.2. The zero-order chi connectivity index (χ0) is 19.9. The van der Waals surface area contributed by atoms with E-state index < -0.39 is 0 Å². The first-order chi connectivity index (χ1) is 14.3. The van der Waals surface area contributed by atoms with E-state index in [0.717, 1.165) is 41.2 Å². The summed E-state index contributed by atoms with van der Waals surface area (Å²) in [6, 6.07) is 29.2. The highest BCUT2D eigenvalue weighted by Crippen LogP contribution is 2.20. The van der Waals surface area contributed by atoms with Gasteiger partial charge in [0.05, 0.1) is 5.71 Å². The molecule has 0 unspecified atom stereocenters. The third kappa shape index (κ3) is 4.80. The smallest absolute Gasteiger partial charge is 0.100 e. The van der Waals surface area contributed by atoms with Gasteiger partial charge >= 0.3 is 0 Å². The summed E-state index contributed by atoms with van der Waals surface area (Å²) >= 11 is 0. The fourth-order valence-corrected chi connectivity index (χ4v) is 3.72. The monoisotopic (exact) mass is 381 g/mol. The Kier molecular flexibility index (Phi) is 6.16. The molecule has 0 bridgehead atoms. The van der Waals surface area contributed by atoms with E-state index in [1.54, 1.807) is 0 Å². The van der Waals surface area contributed by atoms with Crippen molar-refractivity contribution in [2.24, 2.45) is 10.2 Å². The first-order valence-electron chi connectivity index (χ1n) is 10.4. The van der Waals surface area contributed by atoms with E-state index >= 15 is 0 Å². The second-order valence-corrected chi connectivity index (χ2v) is 7.46. The molecule has 0 N–H and O–H groups in total. The van der Waals surface area contributed by atoms with Gasteiger partial charge in [-0.2, -0.15) is 5.10 Å².